The Labute approximate surface area is 78.5 Å². The zero-order chi connectivity index (χ0) is 9.90. The van der Waals surface area contributed by atoms with Crippen molar-refractivity contribution in [1.82, 2.24) is 0 Å². The number of hydrogen-bond donors (Lipinski definition) is 0. The van der Waals surface area contributed by atoms with Gasteiger partial charge in [-0.05, 0) is 24.1 Å². The topological polar surface area (TPSA) is 43.4 Å². The molecule has 4 heteroatoms. The SMILES string of the molecule is C[CH]c1cccc(OS(C)(=O)=O)c1. The molecule has 1 radical (unpaired) electrons. The largest absolute Gasteiger partial charge is 0.383 e. The van der Waals surface area contributed by atoms with Crippen LogP contribution < -0.4 is 4.18 Å². The summed E-state index contributed by atoms with van der Waals surface area (Å²) in [5, 5.41) is 0. The molecule has 0 fully saturated rings. The van der Waals surface area contributed by atoms with E-state index in [1.54, 1.807) is 18.2 Å². The lowest BCUT2D eigenvalue weighted by atomic mass is 10.2. The summed E-state index contributed by atoms with van der Waals surface area (Å²) in [6.45, 7) is 1.87. The van der Waals surface area contributed by atoms with Crippen molar-refractivity contribution < 1.29 is 12.6 Å². The van der Waals surface area contributed by atoms with Crippen LogP contribution in [0.2, 0.25) is 0 Å². The zero-order valence-electron chi connectivity index (χ0n) is 7.52. The molecule has 0 aromatic heterocycles. The average molecular weight is 199 g/mol. The molecule has 71 valence electrons. The van der Waals surface area contributed by atoms with Crippen LogP contribution in [0.3, 0.4) is 0 Å². The molecule has 0 amide bonds. The van der Waals surface area contributed by atoms with Gasteiger partial charge in [-0.3, -0.25) is 0 Å². The van der Waals surface area contributed by atoms with Crippen molar-refractivity contribution in [2.24, 2.45) is 0 Å². The fraction of sp³-hybridized carbons (Fsp3) is 0.222. The molecular formula is C9H11O3S. The molecule has 0 saturated heterocycles. The standard InChI is InChI=1S/C9H11O3S/c1-3-8-5-4-6-9(7-8)12-13(2,10)11/h3-7H,1-2H3. The van der Waals surface area contributed by atoms with E-state index in [4.69, 9.17) is 4.18 Å². The van der Waals surface area contributed by atoms with Crippen LogP contribution in [0.1, 0.15) is 12.5 Å². The lowest BCUT2D eigenvalue weighted by Gasteiger charge is -2.03. The van der Waals surface area contributed by atoms with Crippen molar-refractivity contribution in [3.63, 3.8) is 0 Å². The fourth-order valence-corrected chi connectivity index (χ4v) is 1.37. The monoisotopic (exact) mass is 199 g/mol. The van der Waals surface area contributed by atoms with E-state index in [9.17, 15) is 8.42 Å². The van der Waals surface area contributed by atoms with E-state index in [0.29, 0.717) is 5.75 Å². The van der Waals surface area contributed by atoms with Crippen LogP contribution in [0.4, 0.5) is 0 Å². The molecule has 0 heterocycles. The smallest absolute Gasteiger partial charge is 0.306 e. The molecule has 0 aliphatic rings. The molecule has 0 aliphatic heterocycles. The van der Waals surface area contributed by atoms with Gasteiger partial charge in [0.25, 0.3) is 0 Å². The lowest BCUT2D eigenvalue weighted by molar-refractivity contribution is 0.493. The molecule has 1 aromatic rings. The number of hydrogen-bond acceptors (Lipinski definition) is 3. The van der Waals surface area contributed by atoms with Crippen LogP contribution in [0, 0.1) is 6.42 Å². The first-order valence-corrected chi connectivity index (χ1v) is 5.62. The molecule has 0 aliphatic carbocycles. The van der Waals surface area contributed by atoms with Gasteiger partial charge in [0.1, 0.15) is 5.75 Å². The average Bonchev–Trinajstić information content (AvgIpc) is 2.01. The van der Waals surface area contributed by atoms with Gasteiger partial charge in [-0.25, -0.2) is 0 Å². The molecule has 0 bridgehead atoms. The summed E-state index contributed by atoms with van der Waals surface area (Å²) in [4.78, 5) is 0. The van der Waals surface area contributed by atoms with Gasteiger partial charge < -0.3 is 4.18 Å². The minimum absolute atomic E-state index is 0.345. The molecule has 1 rings (SSSR count). The summed E-state index contributed by atoms with van der Waals surface area (Å²) in [7, 11) is -3.42. The first kappa shape index (κ1) is 10.1. The second-order valence-corrected chi connectivity index (χ2v) is 4.22. The Morgan fingerprint density at radius 1 is 1.38 bits per heavy atom. The van der Waals surface area contributed by atoms with Crippen LogP contribution in [0.5, 0.6) is 5.75 Å². The molecule has 0 spiro atoms. The highest BCUT2D eigenvalue weighted by Gasteiger charge is 2.03. The van der Waals surface area contributed by atoms with Crippen molar-refractivity contribution >= 4 is 10.1 Å². The Hall–Kier alpha value is -1.03. The molecule has 0 N–H and O–H groups in total. The van der Waals surface area contributed by atoms with Gasteiger partial charge in [-0.2, -0.15) is 8.42 Å². The lowest BCUT2D eigenvalue weighted by Crippen LogP contribution is -2.05. The van der Waals surface area contributed by atoms with E-state index >= 15 is 0 Å². The van der Waals surface area contributed by atoms with E-state index < -0.39 is 10.1 Å². The maximum absolute atomic E-state index is 10.8. The first-order chi connectivity index (χ1) is 6.01. The van der Waals surface area contributed by atoms with Crippen LogP contribution >= 0.6 is 0 Å². The van der Waals surface area contributed by atoms with Crippen LogP contribution in [0.25, 0.3) is 0 Å². The van der Waals surface area contributed by atoms with Gasteiger partial charge in [0.15, 0.2) is 0 Å². The van der Waals surface area contributed by atoms with Crippen molar-refractivity contribution in [3.05, 3.63) is 36.2 Å². The van der Waals surface area contributed by atoms with E-state index in [1.807, 2.05) is 19.4 Å². The van der Waals surface area contributed by atoms with E-state index in [1.165, 1.54) is 0 Å². The Morgan fingerprint density at radius 3 is 2.62 bits per heavy atom. The van der Waals surface area contributed by atoms with Gasteiger partial charge >= 0.3 is 10.1 Å². The van der Waals surface area contributed by atoms with Crippen molar-refractivity contribution in [2.75, 3.05) is 6.26 Å². The Morgan fingerprint density at radius 2 is 2.08 bits per heavy atom. The summed E-state index contributed by atoms with van der Waals surface area (Å²) in [6, 6.07) is 6.89. The predicted octanol–water partition coefficient (Wildman–Crippen LogP) is 1.60. The summed E-state index contributed by atoms with van der Waals surface area (Å²) in [6.07, 6.45) is 2.89. The van der Waals surface area contributed by atoms with Crippen LogP contribution in [0.15, 0.2) is 24.3 Å². The van der Waals surface area contributed by atoms with E-state index in [2.05, 4.69) is 0 Å². The molecule has 0 atom stereocenters. The van der Waals surface area contributed by atoms with Crippen LogP contribution in [-0.2, 0) is 10.1 Å². The maximum atomic E-state index is 10.8. The predicted molar refractivity (Wildman–Crippen MR) is 51.0 cm³/mol. The van der Waals surface area contributed by atoms with Crippen LogP contribution in [-0.4, -0.2) is 14.7 Å². The summed E-state index contributed by atoms with van der Waals surface area (Å²) in [5.41, 5.74) is 0.932. The minimum Gasteiger partial charge on any atom is -0.383 e. The Balaban J connectivity index is 2.90. The second kappa shape index (κ2) is 3.79. The summed E-state index contributed by atoms with van der Waals surface area (Å²) in [5.74, 6) is 0.345. The Bertz CT molecular complexity index is 382. The second-order valence-electron chi connectivity index (χ2n) is 2.65. The molecule has 0 unspecified atom stereocenters. The number of rotatable bonds is 3. The van der Waals surface area contributed by atoms with Gasteiger partial charge in [-0.15, -0.1) is 0 Å². The van der Waals surface area contributed by atoms with Crippen molar-refractivity contribution in [1.29, 1.82) is 0 Å². The third-order valence-electron chi connectivity index (χ3n) is 1.44. The van der Waals surface area contributed by atoms with E-state index in [-0.39, 0.29) is 0 Å². The zero-order valence-corrected chi connectivity index (χ0v) is 8.34. The highest BCUT2D eigenvalue weighted by molar-refractivity contribution is 7.86. The molecular weight excluding hydrogens is 188 g/mol. The highest BCUT2D eigenvalue weighted by atomic mass is 32.2. The van der Waals surface area contributed by atoms with E-state index in [0.717, 1.165) is 11.8 Å². The van der Waals surface area contributed by atoms with Gasteiger partial charge in [0.2, 0.25) is 0 Å². The van der Waals surface area contributed by atoms with Gasteiger partial charge in [0, 0.05) is 0 Å². The van der Waals surface area contributed by atoms with Crippen molar-refractivity contribution in [3.8, 4) is 5.75 Å². The van der Waals surface area contributed by atoms with Gasteiger partial charge in [-0.1, -0.05) is 19.1 Å². The van der Waals surface area contributed by atoms with Crippen molar-refractivity contribution in [2.45, 2.75) is 6.92 Å². The molecule has 13 heavy (non-hydrogen) atoms. The third-order valence-corrected chi connectivity index (χ3v) is 1.93. The Kier molecular flexibility index (Phi) is 2.93. The normalized spacial score (nSPS) is 11.2. The first-order valence-electron chi connectivity index (χ1n) is 3.80. The highest BCUT2D eigenvalue weighted by Crippen LogP contribution is 2.15. The molecule has 3 nitrogen and oxygen atoms in total. The summed E-state index contributed by atoms with van der Waals surface area (Å²) >= 11 is 0. The minimum atomic E-state index is -3.42. The van der Waals surface area contributed by atoms with Gasteiger partial charge in [0.05, 0.1) is 6.26 Å². The molecule has 0 saturated carbocycles. The molecule has 1 aromatic carbocycles. The maximum Gasteiger partial charge on any atom is 0.306 e. The third kappa shape index (κ3) is 3.46. The fourth-order valence-electron chi connectivity index (χ4n) is 0.921. The number of benzene rings is 1. The summed E-state index contributed by atoms with van der Waals surface area (Å²) < 4.78 is 26.2. The quantitative estimate of drug-likeness (QED) is 0.694.